The highest BCUT2D eigenvalue weighted by Gasteiger charge is 2.33. The maximum absolute atomic E-state index is 12.7. The van der Waals surface area contributed by atoms with Gasteiger partial charge in [0.1, 0.15) is 0 Å². The lowest BCUT2D eigenvalue weighted by molar-refractivity contribution is -0.145. The molecule has 0 aromatic heterocycles. The van der Waals surface area contributed by atoms with E-state index in [1.165, 1.54) is 0 Å². The van der Waals surface area contributed by atoms with E-state index in [0.29, 0.717) is 48.5 Å². The number of rotatable bonds is 2. The lowest BCUT2D eigenvalue weighted by atomic mass is 9.87. The molecule has 3 aliphatic rings. The zero-order chi connectivity index (χ0) is 17.1. The number of carbonyl (C=O) groups is 2. The molecule has 0 aromatic rings. The number of nitrogens with zero attached hydrogens (tertiary/aromatic N) is 2. The van der Waals surface area contributed by atoms with E-state index in [-0.39, 0.29) is 11.8 Å². The van der Waals surface area contributed by atoms with Gasteiger partial charge in [0, 0.05) is 48.5 Å². The molecule has 0 bridgehead atoms. The Kier molecular flexibility index (Phi) is 6.41. The second-order valence-electron chi connectivity index (χ2n) is 7.66. The molecule has 3 rings (SSSR count). The Hall–Kier alpha value is -0.360. The Bertz CT molecular complexity index is 408. The molecule has 6 heteroatoms. The molecule has 136 valence electrons. The standard InChI is InChI=1S/C18H30N2O2S2/c21-17(13-1-5-15(23)6-2-13)19-9-11-20(12-10-19)18(22)14-3-7-16(24)8-4-14/h13-16,23-24H,1-12H2. The molecule has 2 aliphatic carbocycles. The summed E-state index contributed by atoms with van der Waals surface area (Å²) in [5.74, 6) is 0.971. The predicted octanol–water partition coefficient (Wildman–Crippen LogP) is 2.63. The summed E-state index contributed by atoms with van der Waals surface area (Å²) in [5.41, 5.74) is 0. The van der Waals surface area contributed by atoms with Crippen molar-refractivity contribution in [3.8, 4) is 0 Å². The SMILES string of the molecule is O=C(C1CCC(S)CC1)N1CCN(C(=O)C2CCC(S)CC2)CC1. The van der Waals surface area contributed by atoms with Gasteiger partial charge in [0.25, 0.3) is 0 Å². The highest BCUT2D eigenvalue weighted by atomic mass is 32.1. The molecule has 2 amide bonds. The lowest BCUT2D eigenvalue weighted by Crippen LogP contribution is -2.53. The molecular weight excluding hydrogens is 340 g/mol. The average molecular weight is 371 g/mol. The monoisotopic (exact) mass is 370 g/mol. The molecule has 0 atom stereocenters. The summed E-state index contributed by atoms with van der Waals surface area (Å²) in [6, 6.07) is 0. The van der Waals surface area contributed by atoms with Crippen LogP contribution in [0.2, 0.25) is 0 Å². The van der Waals surface area contributed by atoms with Gasteiger partial charge in [-0.2, -0.15) is 25.3 Å². The minimum atomic E-state index is 0.182. The fraction of sp³-hybridized carbons (Fsp3) is 0.889. The fourth-order valence-corrected chi connectivity index (χ4v) is 4.91. The highest BCUT2D eigenvalue weighted by molar-refractivity contribution is 7.81. The third-order valence-corrected chi connectivity index (χ3v) is 7.03. The molecule has 4 nitrogen and oxygen atoms in total. The molecule has 2 saturated carbocycles. The van der Waals surface area contributed by atoms with Gasteiger partial charge < -0.3 is 9.80 Å². The first-order valence-corrected chi connectivity index (χ1v) is 10.5. The van der Waals surface area contributed by atoms with Crippen molar-refractivity contribution in [2.24, 2.45) is 11.8 Å². The van der Waals surface area contributed by atoms with Crippen molar-refractivity contribution in [3.05, 3.63) is 0 Å². The normalized spacial score (nSPS) is 34.9. The second-order valence-corrected chi connectivity index (χ2v) is 9.12. The van der Waals surface area contributed by atoms with E-state index >= 15 is 0 Å². The Morgan fingerprint density at radius 1 is 0.583 bits per heavy atom. The summed E-state index contributed by atoms with van der Waals surface area (Å²) < 4.78 is 0. The molecule has 0 aromatic carbocycles. The fourth-order valence-electron chi connectivity index (χ4n) is 4.31. The van der Waals surface area contributed by atoms with E-state index in [4.69, 9.17) is 0 Å². The summed E-state index contributed by atoms with van der Waals surface area (Å²) in [6.07, 6.45) is 8.07. The number of hydrogen-bond donors (Lipinski definition) is 2. The Balaban J connectivity index is 1.45. The van der Waals surface area contributed by atoms with Gasteiger partial charge in [-0.1, -0.05) is 0 Å². The number of amides is 2. The topological polar surface area (TPSA) is 40.6 Å². The Labute approximate surface area is 156 Å². The van der Waals surface area contributed by atoms with Crippen molar-refractivity contribution < 1.29 is 9.59 Å². The van der Waals surface area contributed by atoms with E-state index in [1.807, 2.05) is 9.80 Å². The van der Waals surface area contributed by atoms with Crippen LogP contribution in [0.5, 0.6) is 0 Å². The van der Waals surface area contributed by atoms with Crippen molar-refractivity contribution in [2.45, 2.75) is 61.9 Å². The summed E-state index contributed by atoms with van der Waals surface area (Å²) in [6.45, 7) is 2.81. The second kappa shape index (κ2) is 8.35. The van der Waals surface area contributed by atoms with Gasteiger partial charge in [-0.25, -0.2) is 0 Å². The van der Waals surface area contributed by atoms with Gasteiger partial charge in [-0.05, 0) is 51.4 Å². The van der Waals surface area contributed by atoms with Gasteiger partial charge in [0.15, 0.2) is 0 Å². The third-order valence-electron chi connectivity index (χ3n) is 5.99. The van der Waals surface area contributed by atoms with Crippen LogP contribution in [0.15, 0.2) is 0 Å². The minimum Gasteiger partial charge on any atom is -0.339 e. The molecule has 0 N–H and O–H groups in total. The molecule has 24 heavy (non-hydrogen) atoms. The van der Waals surface area contributed by atoms with Crippen LogP contribution in [-0.2, 0) is 9.59 Å². The predicted molar refractivity (Wildman–Crippen MR) is 103 cm³/mol. The van der Waals surface area contributed by atoms with Gasteiger partial charge in [0.05, 0.1) is 0 Å². The highest BCUT2D eigenvalue weighted by Crippen LogP contribution is 2.30. The van der Waals surface area contributed by atoms with Crippen LogP contribution in [0.3, 0.4) is 0 Å². The van der Waals surface area contributed by atoms with Gasteiger partial charge in [-0.15, -0.1) is 0 Å². The summed E-state index contributed by atoms with van der Waals surface area (Å²) in [5, 5.41) is 0.937. The summed E-state index contributed by atoms with van der Waals surface area (Å²) in [7, 11) is 0. The van der Waals surface area contributed by atoms with E-state index in [9.17, 15) is 9.59 Å². The van der Waals surface area contributed by atoms with Gasteiger partial charge >= 0.3 is 0 Å². The quantitative estimate of drug-likeness (QED) is 0.734. The Morgan fingerprint density at radius 3 is 1.17 bits per heavy atom. The molecule has 0 spiro atoms. The van der Waals surface area contributed by atoms with Gasteiger partial charge in [-0.3, -0.25) is 9.59 Å². The maximum Gasteiger partial charge on any atom is 0.225 e. The van der Waals surface area contributed by atoms with Crippen LogP contribution in [0.25, 0.3) is 0 Å². The van der Waals surface area contributed by atoms with Crippen molar-refractivity contribution in [3.63, 3.8) is 0 Å². The van der Waals surface area contributed by atoms with Crippen molar-refractivity contribution >= 4 is 37.1 Å². The average Bonchev–Trinajstić information content (AvgIpc) is 2.62. The van der Waals surface area contributed by atoms with E-state index in [1.54, 1.807) is 0 Å². The zero-order valence-electron chi connectivity index (χ0n) is 14.4. The van der Waals surface area contributed by atoms with Crippen molar-refractivity contribution in [1.82, 2.24) is 9.80 Å². The Morgan fingerprint density at radius 2 is 0.875 bits per heavy atom. The summed E-state index contributed by atoms with van der Waals surface area (Å²) >= 11 is 9.03. The first-order valence-electron chi connectivity index (χ1n) is 9.48. The minimum absolute atomic E-state index is 0.182. The molecule has 0 radical (unpaired) electrons. The van der Waals surface area contributed by atoms with Crippen LogP contribution in [0, 0.1) is 11.8 Å². The number of thiol groups is 2. The third kappa shape index (κ3) is 4.43. The van der Waals surface area contributed by atoms with Crippen LogP contribution < -0.4 is 0 Å². The van der Waals surface area contributed by atoms with Gasteiger partial charge in [0.2, 0.25) is 11.8 Å². The number of carbonyl (C=O) groups excluding carboxylic acids is 2. The molecular formula is C18H30N2O2S2. The van der Waals surface area contributed by atoms with Crippen LogP contribution in [0.4, 0.5) is 0 Å². The molecule has 1 saturated heterocycles. The molecule has 1 heterocycles. The van der Waals surface area contributed by atoms with E-state index in [2.05, 4.69) is 25.3 Å². The molecule has 0 unspecified atom stereocenters. The smallest absolute Gasteiger partial charge is 0.225 e. The number of hydrogen-bond acceptors (Lipinski definition) is 4. The molecule has 3 fully saturated rings. The van der Waals surface area contributed by atoms with Crippen LogP contribution >= 0.6 is 25.3 Å². The molecule has 1 aliphatic heterocycles. The lowest BCUT2D eigenvalue weighted by Gasteiger charge is -2.39. The van der Waals surface area contributed by atoms with Crippen LogP contribution in [0.1, 0.15) is 51.4 Å². The number of piperazine rings is 1. The first-order chi connectivity index (χ1) is 11.5. The van der Waals surface area contributed by atoms with E-state index in [0.717, 1.165) is 51.4 Å². The summed E-state index contributed by atoms with van der Waals surface area (Å²) in [4.78, 5) is 29.3. The van der Waals surface area contributed by atoms with Crippen LogP contribution in [-0.4, -0.2) is 58.3 Å². The van der Waals surface area contributed by atoms with Crippen molar-refractivity contribution in [2.75, 3.05) is 26.2 Å². The first kappa shape index (κ1) is 18.4. The van der Waals surface area contributed by atoms with E-state index < -0.39 is 0 Å². The zero-order valence-corrected chi connectivity index (χ0v) is 16.2. The maximum atomic E-state index is 12.7. The largest absolute Gasteiger partial charge is 0.339 e. The van der Waals surface area contributed by atoms with Crippen molar-refractivity contribution in [1.29, 1.82) is 0 Å².